The second-order valence-corrected chi connectivity index (χ2v) is 10.8. The third kappa shape index (κ3) is 5.00. The van der Waals surface area contributed by atoms with Crippen molar-refractivity contribution in [2.75, 3.05) is 18.4 Å². The van der Waals surface area contributed by atoms with Gasteiger partial charge in [-0.1, -0.05) is 23.7 Å². The molecule has 8 nitrogen and oxygen atoms in total. The highest BCUT2D eigenvalue weighted by Crippen LogP contribution is 2.36. The molecular weight excluding hydrogens is 466 g/mol. The number of nitrogens with zero attached hydrogens (tertiary/aromatic N) is 1. The Morgan fingerprint density at radius 2 is 2.00 bits per heavy atom. The molecule has 0 saturated carbocycles. The van der Waals surface area contributed by atoms with E-state index in [0.717, 1.165) is 5.56 Å². The molecule has 0 aromatic heterocycles. The number of carbonyl (C=O) groups excluding carboxylic acids is 2. The summed E-state index contributed by atoms with van der Waals surface area (Å²) in [6.45, 7) is 4.08. The summed E-state index contributed by atoms with van der Waals surface area (Å²) in [7, 11) is -3.85. The van der Waals surface area contributed by atoms with Crippen LogP contribution < -0.4 is 15.4 Å². The van der Waals surface area contributed by atoms with E-state index in [1.807, 2.05) is 12.1 Å². The number of hydrogen-bond acceptors (Lipinski definition) is 5. The van der Waals surface area contributed by atoms with Gasteiger partial charge in [-0.05, 0) is 56.0 Å². The lowest BCUT2D eigenvalue weighted by molar-refractivity contribution is -0.126. The van der Waals surface area contributed by atoms with Gasteiger partial charge in [0.05, 0.1) is 16.5 Å². The summed E-state index contributed by atoms with van der Waals surface area (Å²) >= 11 is 5.89. The maximum absolute atomic E-state index is 13.5. The smallest absolute Gasteiger partial charge is 0.265 e. The summed E-state index contributed by atoms with van der Waals surface area (Å²) in [4.78, 5) is 24.7. The molecule has 2 N–H and O–H groups in total. The van der Waals surface area contributed by atoms with Gasteiger partial charge in [-0.15, -0.1) is 0 Å². The quantitative estimate of drug-likeness (QED) is 0.668. The van der Waals surface area contributed by atoms with Crippen LogP contribution in [0.2, 0.25) is 5.02 Å². The Hall–Kier alpha value is -2.62. The minimum atomic E-state index is -3.85. The molecule has 1 saturated heterocycles. The summed E-state index contributed by atoms with van der Waals surface area (Å²) in [6.07, 6.45) is 0.500. The second-order valence-electron chi connectivity index (χ2n) is 8.41. The molecule has 0 radical (unpaired) electrons. The van der Waals surface area contributed by atoms with E-state index in [9.17, 15) is 18.0 Å². The molecule has 2 aliphatic heterocycles. The van der Waals surface area contributed by atoms with Crippen molar-refractivity contribution in [1.29, 1.82) is 0 Å². The number of halogens is 1. The zero-order valence-electron chi connectivity index (χ0n) is 18.4. The molecule has 0 spiro atoms. The Kier molecular flexibility index (Phi) is 6.65. The fourth-order valence-electron chi connectivity index (χ4n) is 4.07. The molecule has 176 valence electrons. The van der Waals surface area contributed by atoms with Gasteiger partial charge in [-0.25, -0.2) is 8.42 Å². The first-order valence-electron chi connectivity index (χ1n) is 10.8. The van der Waals surface area contributed by atoms with E-state index in [1.165, 1.54) is 10.4 Å². The van der Waals surface area contributed by atoms with Crippen LogP contribution in [0.4, 0.5) is 5.69 Å². The number of fused-ring (bicyclic) bond motifs is 1. The van der Waals surface area contributed by atoms with Crippen molar-refractivity contribution >= 4 is 39.1 Å². The molecule has 0 aliphatic carbocycles. The monoisotopic (exact) mass is 491 g/mol. The summed E-state index contributed by atoms with van der Waals surface area (Å²) in [5.74, 6) is -0.567. The first-order valence-corrected chi connectivity index (χ1v) is 12.6. The SMILES string of the molecule is Cc1cc2c(cc1S(=O)(=O)N1CCC[C@@H](C(=O)NCc3ccc(Cl)cc3)C1)O[C@H](C)C(=O)N2. The highest BCUT2D eigenvalue weighted by Gasteiger charge is 2.35. The molecule has 33 heavy (non-hydrogen) atoms. The molecule has 2 aliphatic rings. The summed E-state index contributed by atoms with van der Waals surface area (Å²) in [5, 5.41) is 6.25. The zero-order valence-corrected chi connectivity index (χ0v) is 20.0. The number of benzene rings is 2. The average Bonchev–Trinajstić information content (AvgIpc) is 2.79. The average molecular weight is 492 g/mol. The van der Waals surface area contributed by atoms with Crippen LogP contribution in [0.3, 0.4) is 0 Å². The van der Waals surface area contributed by atoms with Gasteiger partial charge in [-0.2, -0.15) is 4.31 Å². The van der Waals surface area contributed by atoms with E-state index in [0.29, 0.717) is 48.0 Å². The number of carbonyl (C=O) groups is 2. The van der Waals surface area contributed by atoms with Crippen LogP contribution in [-0.4, -0.2) is 43.7 Å². The van der Waals surface area contributed by atoms with Crippen molar-refractivity contribution in [2.24, 2.45) is 5.92 Å². The number of sulfonamides is 1. The van der Waals surface area contributed by atoms with Gasteiger partial charge in [0.2, 0.25) is 15.9 Å². The van der Waals surface area contributed by atoms with Gasteiger partial charge in [-0.3, -0.25) is 9.59 Å². The number of anilines is 1. The molecule has 2 amide bonds. The summed E-state index contributed by atoms with van der Waals surface area (Å²) in [5.41, 5.74) is 1.87. The number of nitrogens with one attached hydrogen (secondary N) is 2. The van der Waals surface area contributed by atoms with E-state index in [4.69, 9.17) is 16.3 Å². The molecule has 10 heteroatoms. The van der Waals surface area contributed by atoms with Crippen molar-refractivity contribution in [3.63, 3.8) is 0 Å². The second kappa shape index (κ2) is 9.32. The lowest BCUT2D eigenvalue weighted by Gasteiger charge is -2.32. The fraction of sp³-hybridized carbons (Fsp3) is 0.391. The topological polar surface area (TPSA) is 105 Å². The van der Waals surface area contributed by atoms with Gasteiger partial charge < -0.3 is 15.4 Å². The molecular formula is C23H26ClN3O5S. The van der Waals surface area contributed by atoms with Crippen LogP contribution in [0.25, 0.3) is 0 Å². The van der Waals surface area contributed by atoms with Crippen molar-refractivity contribution in [2.45, 2.75) is 44.2 Å². The number of aryl methyl sites for hydroxylation is 1. The maximum Gasteiger partial charge on any atom is 0.265 e. The van der Waals surface area contributed by atoms with Crippen LogP contribution >= 0.6 is 11.6 Å². The Labute approximate surface area is 198 Å². The molecule has 0 bridgehead atoms. The van der Waals surface area contributed by atoms with Crippen LogP contribution in [0, 0.1) is 12.8 Å². The summed E-state index contributed by atoms with van der Waals surface area (Å²) in [6, 6.07) is 10.3. The van der Waals surface area contributed by atoms with E-state index >= 15 is 0 Å². The third-order valence-corrected chi connectivity index (χ3v) is 8.22. The first kappa shape index (κ1) is 23.5. The van der Waals surface area contributed by atoms with Crippen LogP contribution in [-0.2, 0) is 26.2 Å². The molecule has 2 atom stereocenters. The first-order chi connectivity index (χ1) is 15.6. The number of amides is 2. The van der Waals surface area contributed by atoms with Crippen molar-refractivity contribution in [3.05, 3.63) is 52.5 Å². The fourth-order valence-corrected chi connectivity index (χ4v) is 5.94. The molecule has 2 aromatic carbocycles. The minimum absolute atomic E-state index is 0.110. The Bertz CT molecular complexity index is 1180. The Balaban J connectivity index is 1.48. The van der Waals surface area contributed by atoms with Gasteiger partial charge >= 0.3 is 0 Å². The highest BCUT2D eigenvalue weighted by molar-refractivity contribution is 7.89. The van der Waals surface area contributed by atoms with E-state index in [1.54, 1.807) is 32.0 Å². The molecule has 4 rings (SSSR count). The van der Waals surface area contributed by atoms with Crippen molar-refractivity contribution in [1.82, 2.24) is 9.62 Å². The van der Waals surface area contributed by atoms with E-state index in [2.05, 4.69) is 10.6 Å². The molecule has 2 aromatic rings. The standard InChI is InChI=1S/C23H26ClN3O5S/c1-14-10-19-20(32-15(2)22(28)26-19)11-21(14)33(30,31)27-9-3-4-17(13-27)23(29)25-12-16-5-7-18(24)8-6-16/h5-8,10-11,15,17H,3-4,9,12-13H2,1-2H3,(H,25,29)(H,26,28)/t15-,17-/m1/s1. The van der Waals surface area contributed by atoms with Crippen LogP contribution in [0.1, 0.15) is 30.9 Å². The lowest BCUT2D eigenvalue weighted by Crippen LogP contribution is -2.45. The van der Waals surface area contributed by atoms with Gasteiger partial charge in [0.1, 0.15) is 5.75 Å². The lowest BCUT2D eigenvalue weighted by atomic mass is 9.99. The van der Waals surface area contributed by atoms with Crippen LogP contribution in [0.15, 0.2) is 41.3 Å². The third-order valence-electron chi connectivity index (χ3n) is 5.96. The largest absolute Gasteiger partial charge is 0.479 e. The van der Waals surface area contributed by atoms with E-state index < -0.39 is 22.0 Å². The normalized spacial score (nSPS) is 21.0. The predicted octanol–water partition coefficient (Wildman–Crippen LogP) is 3.08. The minimum Gasteiger partial charge on any atom is -0.479 e. The van der Waals surface area contributed by atoms with Gasteiger partial charge in [0.15, 0.2) is 6.10 Å². The number of ether oxygens (including phenoxy) is 1. The number of rotatable bonds is 5. The van der Waals surface area contributed by atoms with E-state index in [-0.39, 0.29) is 23.3 Å². The Morgan fingerprint density at radius 1 is 1.27 bits per heavy atom. The summed E-state index contributed by atoms with van der Waals surface area (Å²) < 4.78 is 33.9. The molecule has 1 fully saturated rings. The van der Waals surface area contributed by atoms with Gasteiger partial charge in [0.25, 0.3) is 5.91 Å². The van der Waals surface area contributed by atoms with Crippen molar-refractivity contribution < 1.29 is 22.7 Å². The number of hydrogen-bond donors (Lipinski definition) is 2. The maximum atomic E-state index is 13.5. The zero-order chi connectivity index (χ0) is 23.8. The van der Waals surface area contributed by atoms with Gasteiger partial charge in [0, 0.05) is 30.7 Å². The van der Waals surface area contributed by atoms with Crippen molar-refractivity contribution in [3.8, 4) is 5.75 Å². The highest BCUT2D eigenvalue weighted by atomic mass is 35.5. The Morgan fingerprint density at radius 3 is 2.73 bits per heavy atom. The molecule has 2 heterocycles. The van der Waals surface area contributed by atoms with Crippen LogP contribution in [0.5, 0.6) is 5.75 Å². The molecule has 0 unspecified atom stereocenters. The number of piperidine rings is 1. The predicted molar refractivity (Wildman–Crippen MR) is 125 cm³/mol.